The Labute approximate surface area is 129 Å². The van der Waals surface area contributed by atoms with Gasteiger partial charge in [-0.25, -0.2) is 14.4 Å². The molecule has 1 fully saturated rings. The third kappa shape index (κ3) is 3.59. The summed E-state index contributed by atoms with van der Waals surface area (Å²) in [5, 5.41) is 4.72. The van der Waals surface area contributed by atoms with Crippen LogP contribution in [0.1, 0.15) is 42.7 Å². The number of nitrogens with one attached hydrogen (secondary N) is 2. The number of nitrogens with zero attached hydrogens (tertiary/aromatic N) is 2. The fourth-order valence-electron chi connectivity index (χ4n) is 2.57. The fraction of sp³-hybridized carbons (Fsp3) is 0.600. The molecule has 0 aliphatic carbocycles. The Bertz CT molecular complexity index is 528. The number of aromatic nitrogens is 1. The molecule has 2 heterocycles. The van der Waals surface area contributed by atoms with Gasteiger partial charge in [0.1, 0.15) is 11.4 Å². The smallest absolute Gasteiger partial charge is 0.284 e. The van der Waals surface area contributed by atoms with Crippen LogP contribution in [0, 0.1) is 5.95 Å². The van der Waals surface area contributed by atoms with E-state index in [1.807, 2.05) is 13.8 Å². The number of carbonyl (C=O) groups excluding carboxylic acids is 1. The van der Waals surface area contributed by atoms with Crippen molar-refractivity contribution in [2.45, 2.75) is 32.4 Å². The number of hydrogen-bond donors (Lipinski definition) is 2. The van der Waals surface area contributed by atoms with Gasteiger partial charge < -0.3 is 5.32 Å². The van der Waals surface area contributed by atoms with Gasteiger partial charge in [-0.3, -0.25) is 10.2 Å². The van der Waals surface area contributed by atoms with Gasteiger partial charge in [-0.2, -0.15) is 4.39 Å². The van der Waals surface area contributed by atoms with Crippen LogP contribution in [0.25, 0.3) is 0 Å². The van der Waals surface area contributed by atoms with Gasteiger partial charge in [0.15, 0.2) is 0 Å². The number of hydrazine groups is 1. The highest BCUT2D eigenvalue weighted by Gasteiger charge is 2.36. The topological polar surface area (TPSA) is 57.3 Å². The van der Waals surface area contributed by atoms with Crippen LogP contribution in [0.15, 0.2) is 12.1 Å². The summed E-state index contributed by atoms with van der Waals surface area (Å²) in [6.45, 7) is 6.04. The zero-order valence-electron chi connectivity index (χ0n) is 13.0. The largest absolute Gasteiger partial charge is 0.316 e. The summed E-state index contributed by atoms with van der Waals surface area (Å²) < 4.78 is 29.0. The molecular formula is C15H22F2N4O. The Morgan fingerprint density at radius 2 is 2.00 bits per heavy atom. The van der Waals surface area contributed by atoms with Crippen molar-refractivity contribution in [3.05, 3.63) is 29.3 Å². The monoisotopic (exact) mass is 312 g/mol. The maximum absolute atomic E-state index is 14.8. The van der Waals surface area contributed by atoms with Crippen molar-refractivity contribution in [2.24, 2.45) is 0 Å². The number of alkyl halides is 1. The van der Waals surface area contributed by atoms with Crippen molar-refractivity contribution in [3.63, 3.8) is 0 Å². The molecule has 1 aliphatic rings. The first kappa shape index (κ1) is 16.8. The second-order valence-corrected chi connectivity index (χ2v) is 5.36. The molecule has 1 aromatic heterocycles. The molecule has 0 aromatic carbocycles. The second-order valence-electron chi connectivity index (χ2n) is 5.36. The summed E-state index contributed by atoms with van der Waals surface area (Å²) in [5.41, 5.74) is 0.806. The van der Waals surface area contributed by atoms with Crippen LogP contribution < -0.4 is 10.7 Å². The molecule has 122 valence electrons. The molecule has 1 aliphatic heterocycles. The van der Waals surface area contributed by atoms with Gasteiger partial charge in [0.05, 0.1) is 0 Å². The van der Waals surface area contributed by atoms with Gasteiger partial charge in [0.2, 0.25) is 5.95 Å². The molecule has 2 N–H and O–H groups in total. The predicted octanol–water partition coefficient (Wildman–Crippen LogP) is 1.76. The van der Waals surface area contributed by atoms with E-state index in [-0.39, 0.29) is 24.1 Å². The van der Waals surface area contributed by atoms with Crippen LogP contribution >= 0.6 is 0 Å². The molecule has 0 bridgehead atoms. The Balaban J connectivity index is 2.17. The van der Waals surface area contributed by atoms with Crippen LogP contribution in [0.3, 0.4) is 0 Å². The highest BCUT2D eigenvalue weighted by atomic mass is 19.1. The van der Waals surface area contributed by atoms with Gasteiger partial charge in [-0.05, 0) is 38.1 Å². The molecule has 0 unspecified atom stereocenters. The molecule has 1 saturated heterocycles. The second kappa shape index (κ2) is 7.11. The first-order chi connectivity index (χ1) is 10.5. The van der Waals surface area contributed by atoms with E-state index in [0.29, 0.717) is 26.2 Å². The highest BCUT2D eigenvalue weighted by molar-refractivity contribution is 5.91. The Hall–Kier alpha value is -1.60. The van der Waals surface area contributed by atoms with Gasteiger partial charge in [0, 0.05) is 18.7 Å². The van der Waals surface area contributed by atoms with Crippen molar-refractivity contribution >= 4 is 5.91 Å². The Kier molecular flexibility index (Phi) is 5.42. The van der Waals surface area contributed by atoms with Crippen molar-refractivity contribution in [2.75, 3.05) is 26.2 Å². The van der Waals surface area contributed by atoms with Gasteiger partial charge >= 0.3 is 0 Å². The van der Waals surface area contributed by atoms with E-state index in [9.17, 15) is 13.6 Å². The lowest BCUT2D eigenvalue weighted by molar-refractivity contribution is 0.0796. The number of piperidine rings is 1. The molecule has 1 aromatic rings. The molecule has 22 heavy (non-hydrogen) atoms. The summed E-state index contributed by atoms with van der Waals surface area (Å²) in [6.07, 6.45) is 0.410. The maximum atomic E-state index is 14.8. The van der Waals surface area contributed by atoms with Crippen LogP contribution in [-0.2, 0) is 5.67 Å². The number of carbonyl (C=O) groups is 1. The van der Waals surface area contributed by atoms with Crippen LogP contribution in [0.4, 0.5) is 8.78 Å². The number of rotatable bonds is 5. The average Bonchev–Trinajstić information content (AvgIpc) is 2.52. The number of amides is 1. The molecule has 0 radical (unpaired) electrons. The van der Waals surface area contributed by atoms with E-state index in [4.69, 9.17) is 0 Å². The molecule has 0 spiro atoms. The van der Waals surface area contributed by atoms with E-state index in [0.717, 1.165) is 0 Å². The van der Waals surface area contributed by atoms with Crippen LogP contribution in [0.2, 0.25) is 0 Å². The minimum Gasteiger partial charge on any atom is -0.316 e. The molecule has 7 heteroatoms. The summed E-state index contributed by atoms with van der Waals surface area (Å²) in [5.74, 6) is -1.40. The van der Waals surface area contributed by atoms with Gasteiger partial charge in [-0.1, -0.05) is 13.8 Å². The number of pyridine rings is 1. The van der Waals surface area contributed by atoms with Crippen molar-refractivity contribution in [3.8, 4) is 0 Å². The van der Waals surface area contributed by atoms with Gasteiger partial charge in [0.25, 0.3) is 5.91 Å². The summed E-state index contributed by atoms with van der Waals surface area (Å²) in [7, 11) is 0. The van der Waals surface area contributed by atoms with E-state index in [2.05, 4.69) is 15.7 Å². The Morgan fingerprint density at radius 1 is 1.36 bits per heavy atom. The summed E-state index contributed by atoms with van der Waals surface area (Å²) in [6, 6.07) is 2.71. The molecule has 2 rings (SSSR count). The van der Waals surface area contributed by atoms with Crippen molar-refractivity contribution in [1.82, 2.24) is 20.7 Å². The van der Waals surface area contributed by atoms with E-state index in [1.54, 1.807) is 5.01 Å². The SMILES string of the molecule is CCN(CC)NC(=O)c1ccc(C2(F)CCNCC2)c(F)n1. The van der Waals surface area contributed by atoms with Gasteiger partial charge in [-0.15, -0.1) is 0 Å². The van der Waals surface area contributed by atoms with Crippen LogP contribution in [0.5, 0.6) is 0 Å². The normalized spacial score (nSPS) is 17.5. The lowest BCUT2D eigenvalue weighted by Gasteiger charge is -2.30. The van der Waals surface area contributed by atoms with Crippen molar-refractivity contribution < 1.29 is 13.6 Å². The Morgan fingerprint density at radius 3 is 2.55 bits per heavy atom. The molecule has 5 nitrogen and oxygen atoms in total. The minimum absolute atomic E-state index is 0.0503. The molecule has 1 amide bonds. The zero-order valence-corrected chi connectivity index (χ0v) is 13.0. The number of halogens is 2. The number of hydrogen-bond acceptors (Lipinski definition) is 4. The molecule has 0 atom stereocenters. The predicted molar refractivity (Wildman–Crippen MR) is 79.5 cm³/mol. The molecular weight excluding hydrogens is 290 g/mol. The maximum Gasteiger partial charge on any atom is 0.284 e. The summed E-state index contributed by atoms with van der Waals surface area (Å²) >= 11 is 0. The quantitative estimate of drug-likeness (QED) is 0.642. The first-order valence-corrected chi connectivity index (χ1v) is 7.62. The first-order valence-electron chi connectivity index (χ1n) is 7.62. The average molecular weight is 312 g/mol. The van der Waals surface area contributed by atoms with E-state index in [1.165, 1.54) is 12.1 Å². The third-order valence-corrected chi connectivity index (χ3v) is 3.98. The third-order valence-electron chi connectivity index (χ3n) is 3.98. The standard InChI is InChI=1S/C15H22F2N4O/c1-3-21(4-2)20-14(22)12-6-5-11(13(16)19-12)15(17)7-9-18-10-8-15/h5-6,18H,3-4,7-10H2,1-2H3,(H,20,22). The highest BCUT2D eigenvalue weighted by Crippen LogP contribution is 2.35. The van der Waals surface area contributed by atoms with Crippen molar-refractivity contribution in [1.29, 1.82) is 0 Å². The minimum atomic E-state index is -1.71. The lowest BCUT2D eigenvalue weighted by Crippen LogP contribution is -2.42. The fourth-order valence-corrected chi connectivity index (χ4v) is 2.57. The lowest BCUT2D eigenvalue weighted by atomic mass is 9.87. The van der Waals surface area contributed by atoms with E-state index >= 15 is 0 Å². The van der Waals surface area contributed by atoms with Crippen LogP contribution in [-0.4, -0.2) is 42.1 Å². The summed E-state index contributed by atoms with van der Waals surface area (Å²) in [4.78, 5) is 15.7. The zero-order chi connectivity index (χ0) is 16.2. The molecule has 0 saturated carbocycles. The van der Waals surface area contributed by atoms with E-state index < -0.39 is 17.5 Å².